The minimum absolute atomic E-state index is 0.116. The Bertz CT molecular complexity index is 1080. The van der Waals surface area contributed by atoms with Gasteiger partial charge in [-0.05, 0) is 73.1 Å². The van der Waals surface area contributed by atoms with Crippen LogP contribution in [0, 0.1) is 0 Å². The number of carbonyl (C=O) groups is 2. The highest BCUT2D eigenvalue weighted by molar-refractivity contribution is 5.96. The van der Waals surface area contributed by atoms with Crippen molar-refractivity contribution in [1.29, 1.82) is 0 Å². The van der Waals surface area contributed by atoms with Crippen LogP contribution >= 0.6 is 0 Å². The number of nitrogens with zero attached hydrogens (tertiary/aromatic N) is 2. The molecule has 1 heterocycles. The number of amides is 2. The average Bonchev–Trinajstić information content (AvgIpc) is 3.49. The maximum atomic E-state index is 13.4. The fourth-order valence-corrected chi connectivity index (χ4v) is 4.40. The van der Waals surface area contributed by atoms with Gasteiger partial charge in [0.2, 0.25) is 5.91 Å². The number of aromatic amines is 1. The molecule has 1 fully saturated rings. The Morgan fingerprint density at radius 2 is 1.53 bits per heavy atom. The topological polar surface area (TPSA) is 92.1 Å². The molecule has 0 saturated heterocycles. The van der Waals surface area contributed by atoms with Crippen LogP contribution in [0.3, 0.4) is 0 Å². The number of hydrogen-bond acceptors (Lipinski definition) is 3. The molecule has 0 bridgehead atoms. The fourth-order valence-electron chi connectivity index (χ4n) is 4.40. The highest BCUT2D eigenvalue weighted by Crippen LogP contribution is 2.34. The third kappa shape index (κ3) is 3.49. The molecule has 3 aromatic rings. The molecule has 2 aromatic carbocycles. The van der Waals surface area contributed by atoms with Crippen molar-refractivity contribution < 1.29 is 9.59 Å². The molecule has 1 atom stereocenters. The monoisotopic (exact) mass is 400 g/mol. The Morgan fingerprint density at radius 1 is 0.900 bits per heavy atom. The van der Waals surface area contributed by atoms with Crippen LogP contribution in [0.15, 0.2) is 54.7 Å². The third-order valence-electron chi connectivity index (χ3n) is 6.19. The van der Waals surface area contributed by atoms with Gasteiger partial charge < -0.3 is 10.6 Å². The first-order chi connectivity index (χ1) is 14.6. The molecule has 3 N–H and O–H groups in total. The molecule has 0 aliphatic heterocycles. The van der Waals surface area contributed by atoms with Gasteiger partial charge in [-0.15, -0.1) is 0 Å². The summed E-state index contributed by atoms with van der Waals surface area (Å²) in [7, 11) is 0. The molecule has 2 amide bonds. The highest BCUT2D eigenvalue weighted by atomic mass is 16.2. The maximum Gasteiger partial charge on any atom is 0.254 e. The van der Waals surface area contributed by atoms with Crippen LogP contribution in [0.2, 0.25) is 0 Å². The number of fused-ring (bicyclic) bond motifs is 1. The lowest BCUT2D eigenvalue weighted by atomic mass is 9.91. The van der Waals surface area contributed by atoms with Crippen LogP contribution in [0.4, 0.5) is 0 Å². The van der Waals surface area contributed by atoms with Gasteiger partial charge in [0.1, 0.15) is 0 Å². The minimum atomic E-state index is -0.437. The van der Waals surface area contributed by atoms with E-state index >= 15 is 0 Å². The van der Waals surface area contributed by atoms with Crippen molar-refractivity contribution in [2.75, 3.05) is 0 Å². The summed E-state index contributed by atoms with van der Waals surface area (Å²) in [5.74, 6) is -0.321. The maximum absolute atomic E-state index is 13.4. The van der Waals surface area contributed by atoms with Crippen LogP contribution in [0.25, 0.3) is 11.1 Å². The number of benzene rings is 2. The zero-order valence-electron chi connectivity index (χ0n) is 16.7. The van der Waals surface area contributed by atoms with Crippen LogP contribution in [-0.2, 0) is 12.8 Å². The van der Waals surface area contributed by atoms with Crippen LogP contribution < -0.4 is 5.73 Å². The van der Waals surface area contributed by atoms with E-state index in [0.29, 0.717) is 11.6 Å². The van der Waals surface area contributed by atoms with Crippen molar-refractivity contribution in [3.05, 3.63) is 77.1 Å². The number of H-pyrrole nitrogens is 1. The van der Waals surface area contributed by atoms with Gasteiger partial charge in [0, 0.05) is 28.9 Å². The number of aryl methyl sites for hydroxylation is 1. The van der Waals surface area contributed by atoms with Crippen molar-refractivity contribution in [2.45, 2.75) is 44.2 Å². The molecule has 1 aromatic heterocycles. The number of nitrogens with two attached hydrogens (primary N) is 1. The number of rotatable bonds is 5. The van der Waals surface area contributed by atoms with E-state index < -0.39 is 5.91 Å². The second-order valence-electron chi connectivity index (χ2n) is 8.23. The summed E-state index contributed by atoms with van der Waals surface area (Å²) < 4.78 is 0. The molecular formula is C24H24N4O2. The Hall–Kier alpha value is -3.41. The second kappa shape index (κ2) is 7.44. The largest absolute Gasteiger partial charge is 0.366 e. The molecule has 5 rings (SSSR count). The quantitative estimate of drug-likeness (QED) is 0.688. The first-order valence-corrected chi connectivity index (χ1v) is 10.4. The van der Waals surface area contributed by atoms with E-state index in [1.165, 1.54) is 11.3 Å². The lowest BCUT2D eigenvalue weighted by Gasteiger charge is -2.34. The van der Waals surface area contributed by atoms with E-state index in [9.17, 15) is 9.59 Å². The summed E-state index contributed by atoms with van der Waals surface area (Å²) in [5.41, 5.74) is 10.9. The van der Waals surface area contributed by atoms with Crippen LogP contribution in [0.1, 0.15) is 51.2 Å². The highest BCUT2D eigenvalue weighted by Gasteiger charge is 2.39. The number of primary amides is 1. The normalized spacial score (nSPS) is 17.9. The van der Waals surface area contributed by atoms with Gasteiger partial charge in [-0.3, -0.25) is 14.7 Å². The van der Waals surface area contributed by atoms with Gasteiger partial charge in [0.25, 0.3) is 5.91 Å². The minimum Gasteiger partial charge on any atom is -0.366 e. The fraction of sp³-hybridized carbons (Fsp3) is 0.292. The smallest absolute Gasteiger partial charge is 0.254 e. The standard InChI is InChI=1S/C24H24N4O2/c25-23(29)17-5-1-15(2-6-17)16-3-7-18(8-4-16)24(30)28(20-9-10-20)21-11-12-22-19(13-21)14-26-27-22/h1-8,14,20-21H,9-13H2,(H2,25,29)(H,26,27). The zero-order chi connectivity index (χ0) is 20.7. The first kappa shape index (κ1) is 18.6. The predicted octanol–water partition coefficient (Wildman–Crippen LogP) is 3.34. The summed E-state index contributed by atoms with van der Waals surface area (Å²) in [4.78, 5) is 26.8. The number of carbonyl (C=O) groups excluding carboxylic acids is 2. The van der Waals surface area contributed by atoms with Crippen molar-refractivity contribution in [3.63, 3.8) is 0 Å². The SMILES string of the molecule is NC(=O)c1ccc(-c2ccc(C(=O)N(C3CC3)C3CCc4[nH]ncc4C3)cc2)cc1. The van der Waals surface area contributed by atoms with E-state index in [0.717, 1.165) is 48.8 Å². The van der Waals surface area contributed by atoms with Crippen LogP contribution in [0.5, 0.6) is 0 Å². The van der Waals surface area contributed by atoms with Gasteiger partial charge >= 0.3 is 0 Å². The van der Waals surface area contributed by atoms with E-state index in [-0.39, 0.29) is 11.9 Å². The predicted molar refractivity (Wildman–Crippen MR) is 114 cm³/mol. The molecule has 2 aliphatic carbocycles. The molecule has 0 radical (unpaired) electrons. The summed E-state index contributed by atoms with van der Waals surface area (Å²) in [6.45, 7) is 0. The summed E-state index contributed by atoms with van der Waals surface area (Å²) in [5, 5.41) is 7.24. The summed E-state index contributed by atoms with van der Waals surface area (Å²) in [6, 6.07) is 15.5. The Balaban J connectivity index is 1.35. The van der Waals surface area contributed by atoms with E-state index in [1.54, 1.807) is 12.1 Å². The van der Waals surface area contributed by atoms with Crippen molar-refractivity contribution in [3.8, 4) is 11.1 Å². The summed E-state index contributed by atoms with van der Waals surface area (Å²) in [6.07, 6.45) is 6.86. The Labute approximate surface area is 175 Å². The molecule has 152 valence electrons. The molecule has 0 spiro atoms. The Kier molecular flexibility index (Phi) is 4.62. The molecule has 1 unspecified atom stereocenters. The van der Waals surface area contributed by atoms with Gasteiger partial charge in [-0.2, -0.15) is 5.10 Å². The van der Waals surface area contributed by atoms with E-state index in [4.69, 9.17) is 5.73 Å². The molecule has 6 heteroatoms. The average molecular weight is 400 g/mol. The number of aromatic nitrogens is 2. The van der Waals surface area contributed by atoms with E-state index in [1.807, 2.05) is 42.6 Å². The molecular weight excluding hydrogens is 376 g/mol. The molecule has 6 nitrogen and oxygen atoms in total. The number of nitrogens with one attached hydrogen (secondary N) is 1. The third-order valence-corrected chi connectivity index (χ3v) is 6.19. The molecule has 30 heavy (non-hydrogen) atoms. The lowest BCUT2D eigenvalue weighted by molar-refractivity contribution is 0.0642. The number of hydrogen-bond donors (Lipinski definition) is 2. The van der Waals surface area contributed by atoms with Crippen molar-refractivity contribution >= 4 is 11.8 Å². The van der Waals surface area contributed by atoms with Crippen molar-refractivity contribution in [1.82, 2.24) is 15.1 Å². The molecule has 1 saturated carbocycles. The van der Waals surface area contributed by atoms with Gasteiger partial charge in [-0.25, -0.2) is 0 Å². The zero-order valence-corrected chi connectivity index (χ0v) is 16.7. The van der Waals surface area contributed by atoms with Gasteiger partial charge in [0.05, 0.1) is 6.20 Å². The summed E-state index contributed by atoms with van der Waals surface area (Å²) >= 11 is 0. The van der Waals surface area contributed by atoms with E-state index in [2.05, 4.69) is 15.1 Å². The van der Waals surface area contributed by atoms with Crippen molar-refractivity contribution in [2.24, 2.45) is 5.73 Å². The van der Waals surface area contributed by atoms with Crippen LogP contribution in [-0.4, -0.2) is 39.0 Å². The molecule has 2 aliphatic rings. The second-order valence-corrected chi connectivity index (χ2v) is 8.23. The lowest BCUT2D eigenvalue weighted by Crippen LogP contribution is -2.44. The van der Waals surface area contributed by atoms with Gasteiger partial charge in [0.15, 0.2) is 0 Å². The van der Waals surface area contributed by atoms with Gasteiger partial charge in [-0.1, -0.05) is 24.3 Å². The first-order valence-electron chi connectivity index (χ1n) is 10.4. The Morgan fingerprint density at radius 3 is 2.13 bits per heavy atom.